The van der Waals surface area contributed by atoms with Gasteiger partial charge in [0.05, 0.1) is 22.4 Å². The SMILES string of the molecule is c1ccc(-c2nc(-c3ccc4c(c3)oc3ccccc34)cc(-c3cccc4oc5ccc(-c6ccc7sc8cccc(-c9ccc%10c(c9)c9ccccc9n%10-c9ccccc9)c8c7c6)cc5c34)n2)cc1. The molecule has 5 heterocycles. The molecule has 10 aromatic carbocycles. The quantitative estimate of drug-likeness (QED) is 0.167. The molecule has 15 rings (SSSR count). The van der Waals surface area contributed by atoms with Crippen LogP contribution in [-0.4, -0.2) is 14.5 Å². The van der Waals surface area contributed by atoms with Crippen LogP contribution in [0.15, 0.2) is 233 Å². The van der Waals surface area contributed by atoms with Crippen LogP contribution in [0.4, 0.5) is 0 Å². The van der Waals surface area contributed by atoms with Crippen molar-refractivity contribution in [1.29, 1.82) is 0 Å². The number of para-hydroxylation sites is 3. The molecule has 0 fully saturated rings. The van der Waals surface area contributed by atoms with Gasteiger partial charge in [-0.3, -0.25) is 0 Å². The number of rotatable bonds is 6. The summed E-state index contributed by atoms with van der Waals surface area (Å²) in [4.78, 5) is 10.4. The van der Waals surface area contributed by atoms with E-state index in [4.69, 9.17) is 18.8 Å². The van der Waals surface area contributed by atoms with Gasteiger partial charge in [-0.1, -0.05) is 133 Å². The molecule has 0 saturated heterocycles. The molecule has 6 heteroatoms. The molecule has 5 aromatic heterocycles. The molecule has 0 aliphatic rings. The van der Waals surface area contributed by atoms with Gasteiger partial charge in [0, 0.05) is 74.9 Å². The molecule has 5 nitrogen and oxygen atoms in total. The number of aromatic nitrogens is 3. The fraction of sp³-hybridized carbons (Fsp3) is 0. The van der Waals surface area contributed by atoms with Gasteiger partial charge in [0.2, 0.25) is 0 Å². The van der Waals surface area contributed by atoms with E-state index in [2.05, 4.69) is 193 Å². The molecule has 15 aromatic rings. The lowest BCUT2D eigenvalue weighted by Crippen LogP contribution is -1.96. The van der Waals surface area contributed by atoms with Crippen LogP contribution in [0.25, 0.3) is 148 Å². The highest BCUT2D eigenvalue weighted by Gasteiger charge is 2.20. The van der Waals surface area contributed by atoms with Gasteiger partial charge in [0.15, 0.2) is 5.82 Å². The number of thiophene rings is 1. The van der Waals surface area contributed by atoms with Crippen molar-refractivity contribution in [3.8, 4) is 61.8 Å². The van der Waals surface area contributed by atoms with Gasteiger partial charge in [0.25, 0.3) is 0 Å². The minimum absolute atomic E-state index is 0.651. The van der Waals surface area contributed by atoms with E-state index in [9.17, 15) is 0 Å². The summed E-state index contributed by atoms with van der Waals surface area (Å²) in [5, 5.41) is 9.25. The van der Waals surface area contributed by atoms with Crippen molar-refractivity contribution in [2.24, 2.45) is 0 Å². The molecule has 0 radical (unpaired) electrons. The molecule has 0 N–H and O–H groups in total. The van der Waals surface area contributed by atoms with E-state index in [0.717, 1.165) is 88.8 Å². The number of hydrogen-bond acceptors (Lipinski definition) is 5. The number of fused-ring (bicyclic) bond motifs is 12. The van der Waals surface area contributed by atoms with E-state index < -0.39 is 0 Å². The Balaban J connectivity index is 0.870. The standard InChI is InChI=1S/C64H37N3O2S/c1-3-13-38(14-4-1)64-65-52(42-25-29-47-46-18-8-10-22-56(46)69-59(47)36-42)37-53(66-64)48-20-11-23-58-62(48)50-33-39(27-31-57(50)68-58)40-28-32-60-51(34-40)63-44(19-12-24-61(63)70-60)41-26-30-55-49(35-41)45-17-7-9-21-54(45)67(55)43-15-5-2-6-16-43/h1-37H. The van der Waals surface area contributed by atoms with Crippen LogP contribution in [0.2, 0.25) is 0 Å². The number of furan rings is 2. The summed E-state index contributed by atoms with van der Waals surface area (Å²) >= 11 is 1.85. The van der Waals surface area contributed by atoms with E-state index in [1.807, 2.05) is 47.7 Å². The molecule has 0 spiro atoms. The average Bonchev–Trinajstić information content (AvgIpc) is 4.19. The largest absolute Gasteiger partial charge is 0.456 e. The van der Waals surface area contributed by atoms with Crippen LogP contribution in [0.1, 0.15) is 0 Å². The summed E-state index contributed by atoms with van der Waals surface area (Å²) < 4.78 is 17.9. The van der Waals surface area contributed by atoms with Crippen molar-refractivity contribution in [3.05, 3.63) is 224 Å². The zero-order valence-corrected chi connectivity index (χ0v) is 38.2. The third-order valence-corrected chi connectivity index (χ3v) is 15.2. The van der Waals surface area contributed by atoms with Gasteiger partial charge in [-0.05, 0) is 113 Å². The molecular weight excluding hydrogens is 875 g/mol. The molecule has 326 valence electrons. The first kappa shape index (κ1) is 38.9. The number of nitrogens with zero attached hydrogens (tertiary/aromatic N) is 3. The lowest BCUT2D eigenvalue weighted by atomic mass is 9.95. The molecule has 0 amide bonds. The Bertz CT molecular complexity index is 4600. The zero-order valence-electron chi connectivity index (χ0n) is 37.4. The monoisotopic (exact) mass is 911 g/mol. The highest BCUT2D eigenvalue weighted by atomic mass is 32.1. The van der Waals surface area contributed by atoms with Crippen molar-refractivity contribution in [2.75, 3.05) is 0 Å². The Kier molecular flexibility index (Phi) is 8.46. The van der Waals surface area contributed by atoms with E-state index >= 15 is 0 Å². The molecule has 70 heavy (non-hydrogen) atoms. The normalized spacial score (nSPS) is 12.0. The fourth-order valence-corrected chi connectivity index (χ4v) is 11.9. The summed E-state index contributed by atoms with van der Waals surface area (Å²) in [6, 6.07) is 79.7. The van der Waals surface area contributed by atoms with Crippen LogP contribution in [0.5, 0.6) is 0 Å². The smallest absolute Gasteiger partial charge is 0.160 e. The zero-order chi connectivity index (χ0) is 45.9. The average molecular weight is 912 g/mol. The minimum Gasteiger partial charge on any atom is -0.456 e. The molecule has 0 bridgehead atoms. The summed E-state index contributed by atoms with van der Waals surface area (Å²) in [7, 11) is 0. The summed E-state index contributed by atoms with van der Waals surface area (Å²) in [6.45, 7) is 0. The van der Waals surface area contributed by atoms with Crippen molar-refractivity contribution in [3.63, 3.8) is 0 Å². The summed E-state index contributed by atoms with van der Waals surface area (Å²) in [6.07, 6.45) is 0. The Morgan fingerprint density at radius 3 is 1.87 bits per heavy atom. The predicted octanol–water partition coefficient (Wildman–Crippen LogP) is 18.1. The minimum atomic E-state index is 0.651. The van der Waals surface area contributed by atoms with E-state index in [0.29, 0.717) is 5.82 Å². The predicted molar refractivity (Wildman–Crippen MR) is 291 cm³/mol. The van der Waals surface area contributed by atoms with Crippen LogP contribution in [0, 0.1) is 0 Å². The maximum Gasteiger partial charge on any atom is 0.160 e. The summed E-state index contributed by atoms with van der Waals surface area (Å²) in [5.74, 6) is 0.651. The molecule has 0 aliphatic heterocycles. The van der Waals surface area contributed by atoms with Gasteiger partial charge in [-0.2, -0.15) is 0 Å². The number of benzene rings is 10. The molecule has 0 saturated carbocycles. The summed E-state index contributed by atoms with van der Waals surface area (Å²) in [5.41, 5.74) is 16.1. The lowest BCUT2D eigenvalue weighted by molar-refractivity contribution is 0.668. The van der Waals surface area contributed by atoms with Gasteiger partial charge in [-0.15, -0.1) is 11.3 Å². The van der Waals surface area contributed by atoms with Gasteiger partial charge in [0.1, 0.15) is 22.3 Å². The van der Waals surface area contributed by atoms with Crippen LogP contribution in [-0.2, 0) is 0 Å². The van der Waals surface area contributed by atoms with Gasteiger partial charge in [-0.25, -0.2) is 9.97 Å². The second kappa shape index (κ2) is 15.2. The third kappa shape index (κ3) is 6.03. The first-order chi connectivity index (χ1) is 34.7. The Labute approximate surface area is 404 Å². The Morgan fingerprint density at radius 2 is 0.971 bits per heavy atom. The van der Waals surface area contributed by atoms with Gasteiger partial charge < -0.3 is 13.4 Å². The van der Waals surface area contributed by atoms with Crippen LogP contribution < -0.4 is 0 Å². The molecule has 0 atom stereocenters. The maximum absolute atomic E-state index is 6.62. The number of hydrogen-bond donors (Lipinski definition) is 0. The Hall–Kier alpha value is -9.10. The second-order valence-electron chi connectivity index (χ2n) is 18.0. The topological polar surface area (TPSA) is 57.0 Å². The Morgan fingerprint density at radius 1 is 0.329 bits per heavy atom. The maximum atomic E-state index is 6.62. The second-order valence-corrected chi connectivity index (χ2v) is 19.1. The van der Waals surface area contributed by atoms with Crippen molar-refractivity contribution < 1.29 is 8.83 Å². The molecule has 0 unspecified atom stereocenters. The van der Waals surface area contributed by atoms with E-state index in [1.54, 1.807) is 0 Å². The highest BCUT2D eigenvalue weighted by molar-refractivity contribution is 7.26. The first-order valence-corrected chi connectivity index (χ1v) is 24.4. The highest BCUT2D eigenvalue weighted by Crippen LogP contribution is 2.45. The molecule has 0 aliphatic carbocycles. The van der Waals surface area contributed by atoms with Crippen molar-refractivity contribution in [2.45, 2.75) is 0 Å². The lowest BCUT2D eigenvalue weighted by Gasteiger charge is -2.10. The van der Waals surface area contributed by atoms with E-state index in [-0.39, 0.29) is 0 Å². The fourth-order valence-electron chi connectivity index (χ4n) is 10.8. The van der Waals surface area contributed by atoms with Crippen LogP contribution in [0.3, 0.4) is 0 Å². The molecular formula is C64H37N3O2S. The van der Waals surface area contributed by atoms with E-state index in [1.165, 1.54) is 53.1 Å². The van der Waals surface area contributed by atoms with Gasteiger partial charge >= 0.3 is 0 Å². The van der Waals surface area contributed by atoms with Crippen LogP contribution >= 0.6 is 11.3 Å². The van der Waals surface area contributed by atoms with Crippen molar-refractivity contribution >= 4 is 97.2 Å². The first-order valence-electron chi connectivity index (χ1n) is 23.5. The third-order valence-electron chi connectivity index (χ3n) is 14.0. The van der Waals surface area contributed by atoms with Crippen molar-refractivity contribution in [1.82, 2.24) is 14.5 Å².